The van der Waals surface area contributed by atoms with Gasteiger partial charge in [-0.2, -0.15) is 0 Å². The molecular weight excluding hydrogens is 216 g/mol. The van der Waals surface area contributed by atoms with E-state index in [4.69, 9.17) is 10.5 Å². The summed E-state index contributed by atoms with van der Waals surface area (Å²) in [4.78, 5) is 14.4. The number of amides is 1. The standard InChI is InChI=1S/C13H22N2O2/c14-12-2-1-9-6-15(7-11(9)5-12)13(16)10-3-4-17-8-10/h9-12H,1-8,14H2/t9-,10?,11+,12?/m1/s1. The van der Waals surface area contributed by atoms with Crippen LogP contribution in [0.25, 0.3) is 0 Å². The molecular formula is C13H22N2O2. The first-order valence-electron chi connectivity index (χ1n) is 6.86. The summed E-state index contributed by atoms with van der Waals surface area (Å²) in [5, 5.41) is 0. The average Bonchev–Trinajstić information content (AvgIpc) is 2.96. The summed E-state index contributed by atoms with van der Waals surface area (Å²) in [6.07, 6.45) is 4.35. The summed E-state index contributed by atoms with van der Waals surface area (Å²) >= 11 is 0. The van der Waals surface area contributed by atoms with Crippen molar-refractivity contribution in [2.45, 2.75) is 31.7 Å². The fraction of sp³-hybridized carbons (Fsp3) is 0.923. The highest BCUT2D eigenvalue weighted by Gasteiger charge is 2.40. The number of rotatable bonds is 1. The molecule has 1 amide bonds. The molecule has 2 saturated heterocycles. The fourth-order valence-electron chi connectivity index (χ4n) is 3.64. The van der Waals surface area contributed by atoms with Crippen molar-refractivity contribution in [3.8, 4) is 0 Å². The zero-order valence-electron chi connectivity index (χ0n) is 10.3. The number of fused-ring (bicyclic) bond motifs is 1. The molecule has 0 spiro atoms. The monoisotopic (exact) mass is 238 g/mol. The first kappa shape index (κ1) is 11.5. The lowest BCUT2D eigenvalue weighted by molar-refractivity contribution is -0.134. The van der Waals surface area contributed by atoms with Crippen molar-refractivity contribution in [3.63, 3.8) is 0 Å². The first-order valence-corrected chi connectivity index (χ1v) is 6.86. The molecule has 2 heterocycles. The Morgan fingerprint density at radius 2 is 2.00 bits per heavy atom. The molecule has 2 unspecified atom stereocenters. The quantitative estimate of drug-likeness (QED) is 0.728. The maximum Gasteiger partial charge on any atom is 0.228 e. The van der Waals surface area contributed by atoms with Crippen LogP contribution in [0, 0.1) is 17.8 Å². The second-order valence-corrected chi connectivity index (χ2v) is 5.90. The van der Waals surface area contributed by atoms with E-state index in [2.05, 4.69) is 4.90 Å². The molecule has 0 aromatic rings. The molecule has 0 aromatic heterocycles. The molecule has 0 bridgehead atoms. The molecule has 4 nitrogen and oxygen atoms in total. The van der Waals surface area contributed by atoms with Crippen molar-refractivity contribution in [2.24, 2.45) is 23.5 Å². The van der Waals surface area contributed by atoms with Gasteiger partial charge < -0.3 is 15.4 Å². The van der Waals surface area contributed by atoms with Crippen molar-refractivity contribution in [3.05, 3.63) is 0 Å². The van der Waals surface area contributed by atoms with Gasteiger partial charge in [0.05, 0.1) is 12.5 Å². The maximum atomic E-state index is 12.3. The molecule has 4 atom stereocenters. The second kappa shape index (κ2) is 4.58. The van der Waals surface area contributed by atoms with E-state index >= 15 is 0 Å². The summed E-state index contributed by atoms with van der Waals surface area (Å²) in [6.45, 7) is 3.28. The van der Waals surface area contributed by atoms with Crippen LogP contribution in [0.4, 0.5) is 0 Å². The second-order valence-electron chi connectivity index (χ2n) is 5.90. The molecule has 4 heteroatoms. The summed E-state index contributed by atoms with van der Waals surface area (Å²) in [7, 11) is 0. The number of ether oxygens (including phenoxy) is 1. The molecule has 1 aliphatic carbocycles. The minimum atomic E-state index is 0.129. The summed E-state index contributed by atoms with van der Waals surface area (Å²) in [5.41, 5.74) is 6.01. The third kappa shape index (κ3) is 2.20. The van der Waals surface area contributed by atoms with Crippen molar-refractivity contribution in [1.82, 2.24) is 4.90 Å². The minimum Gasteiger partial charge on any atom is -0.381 e. The maximum absolute atomic E-state index is 12.3. The predicted octanol–water partition coefficient (Wildman–Crippen LogP) is 0.609. The highest BCUT2D eigenvalue weighted by atomic mass is 16.5. The third-order valence-electron chi connectivity index (χ3n) is 4.68. The van der Waals surface area contributed by atoms with Crippen LogP contribution < -0.4 is 5.73 Å². The van der Waals surface area contributed by atoms with Gasteiger partial charge in [0.15, 0.2) is 0 Å². The Labute approximate surface area is 102 Å². The van der Waals surface area contributed by atoms with Crippen LogP contribution in [0.2, 0.25) is 0 Å². The number of nitrogens with zero attached hydrogens (tertiary/aromatic N) is 1. The predicted molar refractivity (Wildman–Crippen MR) is 64.3 cm³/mol. The molecule has 2 N–H and O–H groups in total. The van der Waals surface area contributed by atoms with E-state index in [0.29, 0.717) is 30.4 Å². The highest BCUT2D eigenvalue weighted by Crippen LogP contribution is 2.36. The van der Waals surface area contributed by atoms with E-state index < -0.39 is 0 Å². The first-order chi connectivity index (χ1) is 8.24. The number of carbonyl (C=O) groups excluding carboxylic acids is 1. The molecule has 0 radical (unpaired) electrons. The van der Waals surface area contributed by atoms with E-state index in [0.717, 1.165) is 39.0 Å². The van der Waals surface area contributed by atoms with Crippen molar-refractivity contribution in [2.75, 3.05) is 26.3 Å². The Morgan fingerprint density at radius 1 is 1.18 bits per heavy atom. The number of carbonyl (C=O) groups is 1. The highest BCUT2D eigenvalue weighted by molar-refractivity contribution is 5.79. The van der Waals surface area contributed by atoms with Crippen molar-refractivity contribution >= 4 is 5.91 Å². The Morgan fingerprint density at radius 3 is 2.76 bits per heavy atom. The Bertz CT molecular complexity index is 302. The number of hydrogen-bond acceptors (Lipinski definition) is 3. The molecule has 2 aliphatic heterocycles. The molecule has 96 valence electrons. The fourth-order valence-corrected chi connectivity index (χ4v) is 3.64. The van der Waals surface area contributed by atoms with Gasteiger partial charge in [-0.05, 0) is 37.5 Å². The molecule has 1 saturated carbocycles. The van der Waals surface area contributed by atoms with E-state index in [-0.39, 0.29) is 5.92 Å². The van der Waals surface area contributed by atoms with Gasteiger partial charge >= 0.3 is 0 Å². The average molecular weight is 238 g/mol. The van der Waals surface area contributed by atoms with Crippen LogP contribution in [0.3, 0.4) is 0 Å². The van der Waals surface area contributed by atoms with E-state index in [1.54, 1.807) is 0 Å². The third-order valence-corrected chi connectivity index (χ3v) is 4.68. The van der Waals surface area contributed by atoms with Gasteiger partial charge in [-0.3, -0.25) is 4.79 Å². The smallest absolute Gasteiger partial charge is 0.228 e. The van der Waals surface area contributed by atoms with Crippen LogP contribution in [-0.4, -0.2) is 43.2 Å². The SMILES string of the molecule is NC1CC[C@@H]2CN(C(=O)C3CCOC3)C[C@@H]2C1. The van der Waals surface area contributed by atoms with Crippen LogP contribution in [0.15, 0.2) is 0 Å². The summed E-state index contributed by atoms with van der Waals surface area (Å²) in [5.74, 6) is 1.82. The van der Waals surface area contributed by atoms with Crippen LogP contribution in [0.1, 0.15) is 25.7 Å². The van der Waals surface area contributed by atoms with Crippen LogP contribution in [-0.2, 0) is 9.53 Å². The zero-order valence-corrected chi connectivity index (χ0v) is 10.3. The van der Waals surface area contributed by atoms with Gasteiger partial charge in [0.2, 0.25) is 5.91 Å². The lowest BCUT2D eigenvalue weighted by atomic mass is 9.79. The van der Waals surface area contributed by atoms with Gasteiger partial charge in [0, 0.05) is 25.7 Å². The Balaban J connectivity index is 1.61. The molecule has 0 aromatic carbocycles. The van der Waals surface area contributed by atoms with Gasteiger partial charge in [-0.25, -0.2) is 0 Å². The van der Waals surface area contributed by atoms with Crippen LogP contribution in [0.5, 0.6) is 0 Å². The van der Waals surface area contributed by atoms with Crippen LogP contribution >= 0.6 is 0 Å². The van der Waals surface area contributed by atoms with Gasteiger partial charge in [-0.1, -0.05) is 0 Å². The van der Waals surface area contributed by atoms with Gasteiger partial charge in [0.25, 0.3) is 0 Å². The van der Waals surface area contributed by atoms with E-state index in [1.807, 2.05) is 0 Å². The van der Waals surface area contributed by atoms with E-state index in [1.165, 1.54) is 6.42 Å². The minimum absolute atomic E-state index is 0.129. The number of likely N-dealkylation sites (tertiary alicyclic amines) is 1. The zero-order chi connectivity index (χ0) is 11.8. The normalized spacial score (nSPS) is 41.6. The van der Waals surface area contributed by atoms with Crippen molar-refractivity contribution < 1.29 is 9.53 Å². The van der Waals surface area contributed by atoms with Gasteiger partial charge in [0.1, 0.15) is 0 Å². The lowest BCUT2D eigenvalue weighted by Gasteiger charge is -2.27. The molecule has 3 fully saturated rings. The topological polar surface area (TPSA) is 55.6 Å². The summed E-state index contributed by atoms with van der Waals surface area (Å²) in [6, 6.07) is 0.362. The Hall–Kier alpha value is -0.610. The summed E-state index contributed by atoms with van der Waals surface area (Å²) < 4.78 is 5.31. The molecule has 17 heavy (non-hydrogen) atoms. The lowest BCUT2D eigenvalue weighted by Crippen LogP contribution is -2.35. The number of hydrogen-bond donors (Lipinski definition) is 1. The van der Waals surface area contributed by atoms with Crippen molar-refractivity contribution in [1.29, 1.82) is 0 Å². The largest absolute Gasteiger partial charge is 0.381 e. The molecule has 3 rings (SSSR count). The van der Waals surface area contributed by atoms with E-state index in [9.17, 15) is 4.79 Å². The molecule has 3 aliphatic rings. The number of nitrogens with two attached hydrogens (primary N) is 1. The Kier molecular flexibility index (Phi) is 3.09. The van der Waals surface area contributed by atoms with Gasteiger partial charge in [-0.15, -0.1) is 0 Å².